The number of carbonyl (C=O) groups is 2. The number of fused-ring (bicyclic) bond motifs is 2. The van der Waals surface area contributed by atoms with Gasteiger partial charge in [0.25, 0.3) is 11.8 Å². The van der Waals surface area contributed by atoms with Crippen LogP contribution in [0.3, 0.4) is 0 Å². The lowest BCUT2D eigenvalue weighted by Crippen LogP contribution is -2.35. The average molecular weight is 858 g/mol. The maximum atomic E-state index is 13.1. The summed E-state index contributed by atoms with van der Waals surface area (Å²) in [5.74, 6) is 4.21. The minimum absolute atomic E-state index is 0.0565. The van der Waals surface area contributed by atoms with Crippen LogP contribution >= 0.6 is 23.2 Å². The molecule has 4 heterocycles. The molecule has 60 heavy (non-hydrogen) atoms. The predicted molar refractivity (Wildman–Crippen MR) is 240 cm³/mol. The Balaban J connectivity index is 0.000000181. The van der Waals surface area contributed by atoms with Gasteiger partial charge in [-0.05, 0) is 125 Å². The number of hydrogen-bond donors (Lipinski definition) is 0. The second kappa shape index (κ2) is 19.5. The molecule has 0 bridgehead atoms. The van der Waals surface area contributed by atoms with E-state index in [2.05, 4.69) is 42.7 Å². The van der Waals surface area contributed by atoms with Crippen molar-refractivity contribution in [3.8, 4) is 23.0 Å². The van der Waals surface area contributed by atoms with Crippen LogP contribution in [0.4, 0.5) is 11.4 Å². The van der Waals surface area contributed by atoms with Crippen molar-refractivity contribution >= 4 is 46.4 Å². The van der Waals surface area contributed by atoms with Crippen LogP contribution in [0.5, 0.6) is 23.0 Å². The Morgan fingerprint density at radius 2 is 1.08 bits per heavy atom. The summed E-state index contributed by atoms with van der Waals surface area (Å²) in [6.07, 6.45) is 5.00. The molecule has 4 aromatic carbocycles. The van der Waals surface area contributed by atoms with Crippen molar-refractivity contribution in [2.45, 2.75) is 66.5 Å². The Bertz CT molecular complexity index is 2110. The largest absolute Gasteiger partial charge is 0.493 e. The van der Waals surface area contributed by atoms with Gasteiger partial charge < -0.3 is 28.7 Å². The van der Waals surface area contributed by atoms with Gasteiger partial charge in [-0.15, -0.1) is 0 Å². The number of benzene rings is 4. The Morgan fingerprint density at radius 3 is 1.58 bits per heavy atom. The highest BCUT2D eigenvalue weighted by Crippen LogP contribution is 2.40. The van der Waals surface area contributed by atoms with Gasteiger partial charge >= 0.3 is 0 Å². The van der Waals surface area contributed by atoms with Crippen LogP contribution in [-0.4, -0.2) is 88.3 Å². The quantitative estimate of drug-likeness (QED) is 0.139. The number of halogens is 2. The fourth-order valence-corrected chi connectivity index (χ4v) is 9.07. The summed E-state index contributed by atoms with van der Waals surface area (Å²) in [7, 11) is 3.27. The average Bonchev–Trinajstić information content (AvgIpc) is 3.76. The van der Waals surface area contributed by atoms with E-state index in [9.17, 15) is 9.59 Å². The smallest absolute Gasteiger partial charge is 0.260 e. The van der Waals surface area contributed by atoms with E-state index in [1.165, 1.54) is 31.2 Å². The number of likely N-dealkylation sites (tertiary alicyclic amines) is 2. The molecule has 0 unspecified atom stereocenters. The van der Waals surface area contributed by atoms with Gasteiger partial charge in [-0.2, -0.15) is 0 Å². The molecule has 2 saturated heterocycles. The summed E-state index contributed by atoms with van der Waals surface area (Å²) in [5.41, 5.74) is 7.08. The van der Waals surface area contributed by atoms with Crippen molar-refractivity contribution in [1.82, 2.24) is 9.80 Å². The Hall–Kier alpha value is -4.48. The number of piperidine rings is 2. The number of methoxy groups -OCH3 is 2. The molecule has 0 aromatic heterocycles. The van der Waals surface area contributed by atoms with Gasteiger partial charge in [-0.25, -0.2) is 0 Å². The van der Waals surface area contributed by atoms with Gasteiger partial charge in [0.1, 0.15) is 13.2 Å². The van der Waals surface area contributed by atoms with E-state index in [-0.39, 0.29) is 11.8 Å². The first kappa shape index (κ1) is 43.6. The molecule has 4 aliphatic heterocycles. The fourth-order valence-electron chi connectivity index (χ4n) is 8.64. The van der Waals surface area contributed by atoms with Gasteiger partial charge in [-0.3, -0.25) is 19.4 Å². The predicted octanol–water partition coefficient (Wildman–Crippen LogP) is 9.86. The topological polar surface area (TPSA) is 84.0 Å². The van der Waals surface area contributed by atoms with E-state index in [0.717, 1.165) is 84.7 Å². The molecular weight excluding hydrogens is 799 g/mol. The molecule has 10 nitrogen and oxygen atoms in total. The highest BCUT2D eigenvalue weighted by Gasteiger charge is 2.33. The molecule has 4 aromatic rings. The third-order valence-corrected chi connectivity index (χ3v) is 13.1. The van der Waals surface area contributed by atoms with E-state index >= 15 is 0 Å². The molecule has 0 N–H and O–H groups in total. The molecule has 2 fully saturated rings. The molecule has 4 aliphatic rings. The lowest BCUT2D eigenvalue weighted by atomic mass is 9.99. The standard InChI is InChI=1S/C25H32N2O3.C23H26Cl2N2O3/c1-17-7-9-26(10-8-17)11-12-30-23-15-21(5-6-22(23)29-4)27-16-20-14-18(2)13-19(3)24(20)25(27)28;1-15-7-9-26(10-8-15)11-12-30-20-13-17(4-6-19(20)29-2)27-14-16-3-5-18(24)22(25)21(16)23(27)28/h5-6,13-15,17H,7-12,16H2,1-4H3;3-6,13,15H,7-12,14H2,1-2H3. The number of hydrogen-bond acceptors (Lipinski definition) is 8. The lowest BCUT2D eigenvalue weighted by molar-refractivity contribution is 0.0988. The molecule has 12 heteroatoms. The second-order valence-corrected chi connectivity index (χ2v) is 17.5. The zero-order valence-corrected chi connectivity index (χ0v) is 37.3. The van der Waals surface area contributed by atoms with Gasteiger partial charge in [0.15, 0.2) is 23.0 Å². The summed E-state index contributed by atoms with van der Waals surface area (Å²) in [6.45, 7) is 17.2. The van der Waals surface area contributed by atoms with Crippen LogP contribution < -0.4 is 28.7 Å². The van der Waals surface area contributed by atoms with E-state index in [0.29, 0.717) is 64.9 Å². The Kier molecular flexibility index (Phi) is 14.2. The van der Waals surface area contributed by atoms with E-state index < -0.39 is 0 Å². The monoisotopic (exact) mass is 856 g/mol. The first-order chi connectivity index (χ1) is 28.9. The highest BCUT2D eigenvalue weighted by atomic mass is 35.5. The highest BCUT2D eigenvalue weighted by molar-refractivity contribution is 6.44. The number of carbonyl (C=O) groups excluding carboxylic acids is 2. The maximum absolute atomic E-state index is 13.1. The number of anilines is 2. The van der Waals surface area contributed by atoms with Crippen LogP contribution in [0, 0.1) is 25.7 Å². The van der Waals surface area contributed by atoms with Crippen molar-refractivity contribution in [3.05, 3.63) is 104 Å². The van der Waals surface area contributed by atoms with Gasteiger partial charge in [-0.1, -0.05) is 60.8 Å². The first-order valence-electron chi connectivity index (χ1n) is 21.2. The lowest BCUT2D eigenvalue weighted by Gasteiger charge is -2.30. The molecule has 8 rings (SSSR count). The van der Waals surface area contributed by atoms with Gasteiger partial charge in [0, 0.05) is 42.2 Å². The molecule has 0 spiro atoms. The van der Waals surface area contributed by atoms with Crippen molar-refractivity contribution < 1.29 is 28.5 Å². The van der Waals surface area contributed by atoms with Crippen molar-refractivity contribution in [2.75, 3.05) is 76.5 Å². The van der Waals surface area contributed by atoms with Crippen LogP contribution in [0.15, 0.2) is 60.7 Å². The van der Waals surface area contributed by atoms with Crippen LogP contribution in [-0.2, 0) is 13.1 Å². The van der Waals surface area contributed by atoms with Crippen molar-refractivity contribution in [2.24, 2.45) is 11.8 Å². The van der Waals surface area contributed by atoms with Crippen LogP contribution in [0.2, 0.25) is 10.0 Å². The van der Waals surface area contributed by atoms with Gasteiger partial charge in [0.2, 0.25) is 0 Å². The molecule has 320 valence electrons. The van der Waals surface area contributed by atoms with Crippen molar-refractivity contribution in [3.63, 3.8) is 0 Å². The zero-order valence-electron chi connectivity index (χ0n) is 35.8. The Labute approximate surface area is 365 Å². The zero-order chi connectivity index (χ0) is 42.5. The summed E-state index contributed by atoms with van der Waals surface area (Å²) in [5, 5.41) is 0.693. The minimum atomic E-state index is -0.156. The minimum Gasteiger partial charge on any atom is -0.493 e. The number of nitrogens with zero attached hydrogens (tertiary/aromatic N) is 4. The van der Waals surface area contributed by atoms with Crippen LogP contribution in [0.25, 0.3) is 0 Å². The molecule has 0 radical (unpaired) electrons. The number of ether oxygens (including phenoxy) is 4. The van der Waals surface area contributed by atoms with Crippen LogP contribution in [0.1, 0.15) is 82.5 Å². The van der Waals surface area contributed by atoms with E-state index in [4.69, 9.17) is 42.1 Å². The summed E-state index contributed by atoms with van der Waals surface area (Å²) < 4.78 is 23.1. The molecule has 0 atom stereocenters. The molecular formula is C48H58Cl2N4O6. The number of rotatable bonds is 12. The summed E-state index contributed by atoms with van der Waals surface area (Å²) >= 11 is 12.4. The Morgan fingerprint density at radius 1 is 0.600 bits per heavy atom. The van der Waals surface area contributed by atoms with Gasteiger partial charge in [0.05, 0.1) is 42.9 Å². The van der Waals surface area contributed by atoms with E-state index in [1.807, 2.05) is 54.3 Å². The number of aryl methyl sites for hydroxylation is 2. The molecule has 0 saturated carbocycles. The maximum Gasteiger partial charge on any atom is 0.260 e. The summed E-state index contributed by atoms with van der Waals surface area (Å²) in [4.78, 5) is 34.5. The normalized spacial score (nSPS) is 17.3. The molecule has 0 aliphatic carbocycles. The fraction of sp³-hybridized carbons (Fsp3) is 0.458. The second-order valence-electron chi connectivity index (χ2n) is 16.7. The number of amides is 2. The molecule has 2 amide bonds. The van der Waals surface area contributed by atoms with Crippen molar-refractivity contribution in [1.29, 1.82) is 0 Å². The first-order valence-corrected chi connectivity index (χ1v) is 22.0. The third-order valence-electron chi connectivity index (χ3n) is 12.3. The SMILES string of the molecule is COc1ccc(N2Cc3cc(C)cc(C)c3C2=O)cc1OCCN1CCC(C)CC1.COc1ccc(N2Cc3ccc(Cl)c(Cl)c3C2=O)cc1OCCN1CCC(C)CC1. The van der Waals surface area contributed by atoms with E-state index in [1.54, 1.807) is 25.2 Å². The third kappa shape index (κ3) is 9.83. The summed E-state index contributed by atoms with van der Waals surface area (Å²) in [6, 6.07) is 19.1.